The molecule has 4 rings (SSSR count). The van der Waals surface area contributed by atoms with Gasteiger partial charge < -0.3 is 20.9 Å². The van der Waals surface area contributed by atoms with E-state index in [-0.39, 0.29) is 9.90 Å². The molecular formula is C25H22N2O2P. The molecule has 0 amide bonds. The Kier molecular flexibility index (Phi) is 6.95. The van der Waals surface area contributed by atoms with E-state index in [9.17, 15) is 0 Å². The summed E-state index contributed by atoms with van der Waals surface area (Å²) in [6, 6.07) is 31.0. The normalized spacial score (nSPS) is 10.1. The molecule has 0 bridgehead atoms. The molecule has 4 aromatic carbocycles. The lowest BCUT2D eigenvalue weighted by atomic mass is 10.0. The number of anilines is 2. The second kappa shape index (κ2) is 9.82. The fourth-order valence-corrected chi connectivity index (χ4v) is 3.01. The second-order valence-corrected chi connectivity index (χ2v) is 6.81. The molecule has 5 heteroatoms. The molecule has 0 saturated carbocycles. The van der Waals surface area contributed by atoms with Gasteiger partial charge >= 0.3 is 0 Å². The summed E-state index contributed by atoms with van der Waals surface area (Å²) < 4.78 is 11.7. The minimum atomic E-state index is 0. The minimum Gasteiger partial charge on any atom is -0.457 e. The Morgan fingerprint density at radius 1 is 0.500 bits per heavy atom. The summed E-state index contributed by atoms with van der Waals surface area (Å²) in [7, 11) is 0. The van der Waals surface area contributed by atoms with E-state index in [1.54, 1.807) is 12.1 Å². The lowest BCUT2D eigenvalue weighted by Gasteiger charge is -2.09. The number of nitrogen functional groups attached to an aromatic ring is 2. The highest BCUT2D eigenvalue weighted by atomic mass is 31.0. The highest BCUT2D eigenvalue weighted by Gasteiger charge is 2.02. The summed E-state index contributed by atoms with van der Waals surface area (Å²) in [6.45, 7) is 0. The zero-order chi connectivity index (χ0) is 20.1. The number of hydrogen-bond acceptors (Lipinski definition) is 4. The largest absolute Gasteiger partial charge is 0.457 e. The maximum atomic E-state index is 5.84. The third-order valence-electron chi connectivity index (χ3n) is 4.44. The number of rotatable bonds is 6. The van der Waals surface area contributed by atoms with Gasteiger partial charge in [-0.15, -0.1) is 0 Å². The van der Waals surface area contributed by atoms with Crippen LogP contribution in [0.4, 0.5) is 11.4 Å². The van der Waals surface area contributed by atoms with Crippen molar-refractivity contribution in [3.63, 3.8) is 0 Å². The predicted molar refractivity (Wildman–Crippen MR) is 124 cm³/mol. The molecule has 0 heterocycles. The zero-order valence-electron chi connectivity index (χ0n) is 16.4. The molecule has 0 aliphatic heterocycles. The molecule has 0 spiro atoms. The summed E-state index contributed by atoms with van der Waals surface area (Å²) in [5.74, 6) is 3.03. The van der Waals surface area contributed by atoms with Crippen molar-refractivity contribution >= 4 is 21.3 Å². The van der Waals surface area contributed by atoms with Crippen molar-refractivity contribution < 1.29 is 9.47 Å². The Hall–Kier alpha value is -3.49. The van der Waals surface area contributed by atoms with E-state index < -0.39 is 0 Å². The van der Waals surface area contributed by atoms with E-state index in [1.165, 1.54) is 11.1 Å². The van der Waals surface area contributed by atoms with Gasteiger partial charge in [0.05, 0.1) is 0 Å². The van der Waals surface area contributed by atoms with Crippen molar-refractivity contribution in [2.24, 2.45) is 0 Å². The Morgan fingerprint density at radius 2 is 0.900 bits per heavy atom. The molecule has 0 fully saturated rings. The molecule has 3 radical (unpaired) electrons. The monoisotopic (exact) mass is 413 g/mol. The van der Waals surface area contributed by atoms with Crippen LogP contribution in [0.1, 0.15) is 11.1 Å². The molecule has 0 saturated heterocycles. The third kappa shape index (κ3) is 5.76. The molecule has 0 aliphatic carbocycles. The van der Waals surface area contributed by atoms with Crippen LogP contribution in [0, 0.1) is 0 Å². The minimum absolute atomic E-state index is 0. The average Bonchev–Trinajstić information content (AvgIpc) is 2.71. The Bertz CT molecular complexity index is 1010. The van der Waals surface area contributed by atoms with Crippen LogP contribution in [0.3, 0.4) is 0 Å². The van der Waals surface area contributed by atoms with Gasteiger partial charge in [-0.25, -0.2) is 0 Å². The Labute approximate surface area is 180 Å². The SMILES string of the molecule is Nc1cccc(Oc2ccc(Cc3ccc(Oc4cccc(N)c4)cc3)cc2)c1.[P]. The van der Waals surface area contributed by atoms with Crippen LogP contribution in [0.25, 0.3) is 0 Å². The van der Waals surface area contributed by atoms with Gasteiger partial charge in [0.1, 0.15) is 23.0 Å². The molecule has 4 N–H and O–H groups in total. The first kappa shape index (κ1) is 21.2. The lowest BCUT2D eigenvalue weighted by Crippen LogP contribution is -1.91. The molecule has 0 aliphatic rings. The maximum Gasteiger partial charge on any atom is 0.129 e. The lowest BCUT2D eigenvalue weighted by molar-refractivity contribution is 0.483. The van der Waals surface area contributed by atoms with Crippen molar-refractivity contribution in [1.29, 1.82) is 0 Å². The summed E-state index contributed by atoms with van der Waals surface area (Å²) in [5, 5.41) is 0. The summed E-state index contributed by atoms with van der Waals surface area (Å²) in [4.78, 5) is 0. The maximum absolute atomic E-state index is 5.84. The first-order valence-corrected chi connectivity index (χ1v) is 9.39. The summed E-state index contributed by atoms with van der Waals surface area (Å²) in [5.41, 5.74) is 15.3. The van der Waals surface area contributed by atoms with Gasteiger partial charge in [-0.05, 0) is 66.1 Å². The van der Waals surface area contributed by atoms with E-state index in [0.717, 1.165) is 29.4 Å². The van der Waals surface area contributed by atoms with E-state index in [1.807, 2.05) is 60.7 Å². The molecule has 0 unspecified atom stereocenters. The smallest absolute Gasteiger partial charge is 0.129 e. The van der Waals surface area contributed by atoms with Crippen LogP contribution in [-0.4, -0.2) is 0 Å². The number of nitrogens with two attached hydrogens (primary N) is 2. The summed E-state index contributed by atoms with van der Waals surface area (Å²) >= 11 is 0. The predicted octanol–water partition coefficient (Wildman–Crippen LogP) is 6.89. The molecule has 0 atom stereocenters. The topological polar surface area (TPSA) is 70.5 Å². The molecule has 149 valence electrons. The van der Waals surface area contributed by atoms with Gasteiger partial charge in [0, 0.05) is 33.4 Å². The van der Waals surface area contributed by atoms with Gasteiger partial charge in [-0.3, -0.25) is 0 Å². The molecule has 4 aromatic rings. The number of benzene rings is 4. The van der Waals surface area contributed by atoms with Crippen molar-refractivity contribution in [2.75, 3.05) is 11.5 Å². The van der Waals surface area contributed by atoms with Gasteiger partial charge in [0.25, 0.3) is 0 Å². The van der Waals surface area contributed by atoms with Crippen LogP contribution in [0.2, 0.25) is 0 Å². The molecule has 0 aromatic heterocycles. The van der Waals surface area contributed by atoms with Crippen LogP contribution in [0.15, 0.2) is 97.1 Å². The molecular weight excluding hydrogens is 391 g/mol. The van der Waals surface area contributed by atoms with Gasteiger partial charge in [-0.2, -0.15) is 0 Å². The Balaban J connectivity index is 0.00000256. The van der Waals surface area contributed by atoms with Crippen LogP contribution >= 0.6 is 9.90 Å². The second-order valence-electron chi connectivity index (χ2n) is 6.81. The van der Waals surface area contributed by atoms with Crippen molar-refractivity contribution in [3.8, 4) is 23.0 Å². The first-order valence-electron chi connectivity index (χ1n) is 9.39. The van der Waals surface area contributed by atoms with Gasteiger partial charge in [0.2, 0.25) is 0 Å². The average molecular weight is 413 g/mol. The number of ether oxygens (including phenoxy) is 2. The van der Waals surface area contributed by atoms with Crippen molar-refractivity contribution in [1.82, 2.24) is 0 Å². The summed E-state index contributed by atoms with van der Waals surface area (Å²) in [6.07, 6.45) is 0.830. The molecule has 30 heavy (non-hydrogen) atoms. The van der Waals surface area contributed by atoms with Gasteiger partial charge in [0.15, 0.2) is 0 Å². The van der Waals surface area contributed by atoms with Gasteiger partial charge in [-0.1, -0.05) is 36.4 Å². The van der Waals surface area contributed by atoms with Crippen LogP contribution in [0.5, 0.6) is 23.0 Å². The highest BCUT2D eigenvalue weighted by molar-refractivity contribution is 6.92. The van der Waals surface area contributed by atoms with Crippen molar-refractivity contribution in [2.45, 2.75) is 6.42 Å². The van der Waals surface area contributed by atoms with E-state index in [2.05, 4.69) is 24.3 Å². The Morgan fingerprint density at radius 3 is 1.27 bits per heavy atom. The van der Waals surface area contributed by atoms with E-state index in [0.29, 0.717) is 11.4 Å². The fourth-order valence-electron chi connectivity index (χ4n) is 3.01. The first-order chi connectivity index (χ1) is 14.1. The fraction of sp³-hybridized carbons (Fsp3) is 0.0400. The zero-order valence-corrected chi connectivity index (χ0v) is 17.3. The van der Waals surface area contributed by atoms with Crippen LogP contribution < -0.4 is 20.9 Å². The van der Waals surface area contributed by atoms with E-state index in [4.69, 9.17) is 20.9 Å². The third-order valence-corrected chi connectivity index (χ3v) is 4.44. The number of hydrogen-bond donors (Lipinski definition) is 2. The highest BCUT2D eigenvalue weighted by Crippen LogP contribution is 2.26. The van der Waals surface area contributed by atoms with Crippen molar-refractivity contribution in [3.05, 3.63) is 108 Å². The standard InChI is InChI=1S/C25H22N2O2.P/c26-20-3-1-5-24(16-20)28-22-11-7-18(8-12-22)15-19-9-13-23(14-10-19)29-25-6-2-4-21(27)17-25;/h1-14,16-17H,15,26-27H2;. The molecule has 4 nitrogen and oxygen atoms in total. The quantitative estimate of drug-likeness (QED) is 0.267. The van der Waals surface area contributed by atoms with Crippen LogP contribution in [-0.2, 0) is 6.42 Å². The van der Waals surface area contributed by atoms with E-state index >= 15 is 0 Å².